The summed E-state index contributed by atoms with van der Waals surface area (Å²) in [5, 5.41) is 4.41. The summed E-state index contributed by atoms with van der Waals surface area (Å²) in [6.45, 7) is 0.390. The van der Waals surface area contributed by atoms with Crippen LogP contribution in [-0.4, -0.2) is 40.3 Å². The van der Waals surface area contributed by atoms with E-state index in [2.05, 4.69) is 10.5 Å². The molecule has 0 fully saturated rings. The minimum absolute atomic E-state index is 0.0595. The Bertz CT molecular complexity index is 1270. The van der Waals surface area contributed by atoms with Crippen molar-refractivity contribution in [2.24, 2.45) is 5.10 Å². The predicted octanol–water partition coefficient (Wildman–Crippen LogP) is 3.46. The lowest BCUT2D eigenvalue weighted by molar-refractivity contribution is -0.119. The number of rotatable bonds is 7. The standard InChI is InChI=1S/C23H20ClN3O5S/c24-18-9-11-19(12-10-18)27(33(29,30)20-6-2-1-3-7-20)16-22(28)26-25-15-17-5-4-8-21-23(17)32-14-13-31-21/h1-12,15H,13-14,16H2,(H,26,28)/b25-15-. The summed E-state index contributed by atoms with van der Waals surface area (Å²) in [5.74, 6) is 0.512. The van der Waals surface area contributed by atoms with Crippen LogP contribution in [0.1, 0.15) is 5.56 Å². The SMILES string of the molecule is O=C(CN(c1ccc(Cl)cc1)S(=O)(=O)c1ccccc1)N/N=C\c1cccc2c1OCCO2. The van der Waals surface area contributed by atoms with Gasteiger partial charge in [0, 0.05) is 10.6 Å². The highest BCUT2D eigenvalue weighted by Gasteiger charge is 2.27. The topological polar surface area (TPSA) is 97.3 Å². The van der Waals surface area contributed by atoms with E-state index in [4.69, 9.17) is 21.1 Å². The van der Waals surface area contributed by atoms with Gasteiger partial charge in [0.2, 0.25) is 0 Å². The van der Waals surface area contributed by atoms with E-state index in [9.17, 15) is 13.2 Å². The number of halogens is 1. The Labute approximate surface area is 196 Å². The van der Waals surface area contributed by atoms with E-state index in [1.165, 1.54) is 30.5 Å². The molecule has 0 radical (unpaired) electrons. The highest BCUT2D eigenvalue weighted by molar-refractivity contribution is 7.92. The number of amides is 1. The van der Waals surface area contributed by atoms with Crippen LogP contribution in [0.5, 0.6) is 11.5 Å². The second kappa shape index (κ2) is 9.93. The normalized spacial score (nSPS) is 13.0. The molecule has 0 bridgehead atoms. The third kappa shape index (κ3) is 5.27. The van der Waals surface area contributed by atoms with Gasteiger partial charge in [-0.05, 0) is 48.5 Å². The fourth-order valence-electron chi connectivity index (χ4n) is 3.18. The van der Waals surface area contributed by atoms with Crippen molar-refractivity contribution in [1.82, 2.24) is 5.43 Å². The Morgan fingerprint density at radius 3 is 2.48 bits per heavy atom. The molecule has 0 aliphatic carbocycles. The largest absolute Gasteiger partial charge is 0.486 e. The number of nitrogens with zero attached hydrogens (tertiary/aromatic N) is 2. The quantitative estimate of drug-likeness (QED) is 0.408. The van der Waals surface area contributed by atoms with Crippen molar-refractivity contribution in [3.63, 3.8) is 0 Å². The van der Waals surface area contributed by atoms with Crippen LogP contribution in [0.2, 0.25) is 5.02 Å². The van der Waals surface area contributed by atoms with Gasteiger partial charge < -0.3 is 9.47 Å². The molecule has 1 aliphatic heterocycles. The van der Waals surface area contributed by atoms with Crippen LogP contribution in [0.25, 0.3) is 0 Å². The first-order chi connectivity index (χ1) is 15.9. The van der Waals surface area contributed by atoms with E-state index in [1.807, 2.05) is 0 Å². The number of carbonyl (C=O) groups is 1. The molecule has 0 aromatic heterocycles. The van der Waals surface area contributed by atoms with Crippen molar-refractivity contribution in [3.05, 3.63) is 83.4 Å². The molecule has 0 spiro atoms. The number of anilines is 1. The lowest BCUT2D eigenvalue weighted by Crippen LogP contribution is -2.39. The summed E-state index contributed by atoms with van der Waals surface area (Å²) in [6.07, 6.45) is 1.42. The van der Waals surface area contributed by atoms with Gasteiger partial charge in [0.1, 0.15) is 19.8 Å². The van der Waals surface area contributed by atoms with Gasteiger partial charge in [0.05, 0.1) is 16.8 Å². The van der Waals surface area contributed by atoms with Crippen LogP contribution in [0.15, 0.2) is 82.8 Å². The number of benzene rings is 3. The molecule has 0 atom stereocenters. The Kier molecular flexibility index (Phi) is 6.81. The number of nitrogens with one attached hydrogen (secondary N) is 1. The van der Waals surface area contributed by atoms with Gasteiger partial charge >= 0.3 is 0 Å². The highest BCUT2D eigenvalue weighted by Crippen LogP contribution is 2.32. The summed E-state index contributed by atoms with van der Waals surface area (Å²) in [5.41, 5.74) is 3.30. The van der Waals surface area contributed by atoms with Crippen molar-refractivity contribution in [3.8, 4) is 11.5 Å². The molecule has 0 unspecified atom stereocenters. The molecule has 1 heterocycles. The number of carbonyl (C=O) groups excluding carboxylic acids is 1. The smallest absolute Gasteiger partial charge is 0.264 e. The second-order valence-electron chi connectivity index (χ2n) is 6.97. The minimum Gasteiger partial charge on any atom is -0.486 e. The van der Waals surface area contributed by atoms with E-state index < -0.39 is 22.5 Å². The highest BCUT2D eigenvalue weighted by atomic mass is 35.5. The molecule has 8 nitrogen and oxygen atoms in total. The number of hydrogen-bond acceptors (Lipinski definition) is 6. The molecular formula is C23H20ClN3O5S. The van der Waals surface area contributed by atoms with Gasteiger partial charge in [-0.3, -0.25) is 9.10 Å². The van der Waals surface area contributed by atoms with E-state index in [0.29, 0.717) is 41.0 Å². The van der Waals surface area contributed by atoms with Crippen molar-refractivity contribution < 1.29 is 22.7 Å². The molecule has 3 aromatic carbocycles. The van der Waals surface area contributed by atoms with Crippen molar-refractivity contribution >= 4 is 39.4 Å². The molecule has 33 heavy (non-hydrogen) atoms. The zero-order valence-corrected chi connectivity index (χ0v) is 18.9. The number of hydrogen-bond donors (Lipinski definition) is 1. The van der Waals surface area contributed by atoms with Crippen molar-refractivity contribution in [2.75, 3.05) is 24.1 Å². The van der Waals surface area contributed by atoms with Crippen LogP contribution >= 0.6 is 11.6 Å². The van der Waals surface area contributed by atoms with Gasteiger partial charge in [0.25, 0.3) is 15.9 Å². The maximum Gasteiger partial charge on any atom is 0.264 e. The Hall–Kier alpha value is -3.56. The fourth-order valence-corrected chi connectivity index (χ4v) is 4.75. The number of ether oxygens (including phenoxy) is 2. The molecule has 0 saturated heterocycles. The summed E-state index contributed by atoms with van der Waals surface area (Å²) in [7, 11) is -4.01. The van der Waals surface area contributed by atoms with Crippen LogP contribution < -0.4 is 19.2 Å². The second-order valence-corrected chi connectivity index (χ2v) is 9.26. The molecular weight excluding hydrogens is 466 g/mol. The number of sulfonamides is 1. The Morgan fingerprint density at radius 2 is 1.73 bits per heavy atom. The van der Waals surface area contributed by atoms with Gasteiger partial charge in [-0.15, -0.1) is 0 Å². The number of hydrazone groups is 1. The van der Waals surface area contributed by atoms with Crippen LogP contribution in [-0.2, 0) is 14.8 Å². The summed E-state index contributed by atoms with van der Waals surface area (Å²) in [6, 6.07) is 19.4. The average molecular weight is 486 g/mol. The zero-order chi connectivity index (χ0) is 23.3. The molecule has 1 N–H and O–H groups in total. The van der Waals surface area contributed by atoms with Gasteiger partial charge in [0.15, 0.2) is 11.5 Å². The lowest BCUT2D eigenvalue weighted by atomic mass is 10.2. The molecule has 0 saturated carbocycles. The predicted molar refractivity (Wildman–Crippen MR) is 126 cm³/mol. The maximum atomic E-state index is 13.3. The minimum atomic E-state index is -4.01. The zero-order valence-electron chi connectivity index (χ0n) is 17.3. The van der Waals surface area contributed by atoms with E-state index in [-0.39, 0.29) is 4.90 Å². The van der Waals surface area contributed by atoms with E-state index in [1.54, 1.807) is 48.5 Å². The van der Waals surface area contributed by atoms with Crippen LogP contribution in [0.4, 0.5) is 5.69 Å². The lowest BCUT2D eigenvalue weighted by Gasteiger charge is -2.23. The first-order valence-electron chi connectivity index (χ1n) is 9.99. The van der Waals surface area contributed by atoms with E-state index >= 15 is 0 Å². The van der Waals surface area contributed by atoms with Crippen molar-refractivity contribution in [2.45, 2.75) is 4.90 Å². The Morgan fingerprint density at radius 1 is 1.00 bits per heavy atom. The fraction of sp³-hybridized carbons (Fsp3) is 0.130. The van der Waals surface area contributed by atoms with Gasteiger partial charge in [-0.2, -0.15) is 5.10 Å². The average Bonchev–Trinajstić information content (AvgIpc) is 2.84. The maximum absolute atomic E-state index is 13.3. The summed E-state index contributed by atoms with van der Waals surface area (Å²) in [4.78, 5) is 12.7. The molecule has 1 aliphatic rings. The van der Waals surface area contributed by atoms with Gasteiger partial charge in [-0.1, -0.05) is 35.9 Å². The molecule has 170 valence electrons. The van der Waals surface area contributed by atoms with Crippen LogP contribution in [0, 0.1) is 0 Å². The number of fused-ring (bicyclic) bond motifs is 1. The Balaban J connectivity index is 1.54. The molecule has 1 amide bonds. The summed E-state index contributed by atoms with van der Waals surface area (Å²) < 4.78 is 38.6. The molecule has 4 rings (SSSR count). The summed E-state index contributed by atoms with van der Waals surface area (Å²) >= 11 is 5.95. The van der Waals surface area contributed by atoms with E-state index in [0.717, 1.165) is 4.31 Å². The first-order valence-corrected chi connectivity index (χ1v) is 11.8. The monoisotopic (exact) mass is 485 g/mol. The third-order valence-corrected chi connectivity index (χ3v) is 6.76. The first kappa shape index (κ1) is 22.6. The van der Waals surface area contributed by atoms with Crippen LogP contribution in [0.3, 0.4) is 0 Å². The van der Waals surface area contributed by atoms with Crippen molar-refractivity contribution in [1.29, 1.82) is 0 Å². The third-order valence-electron chi connectivity index (χ3n) is 4.72. The van der Waals surface area contributed by atoms with Gasteiger partial charge in [-0.25, -0.2) is 13.8 Å². The number of para-hydroxylation sites is 1. The molecule has 3 aromatic rings. The molecule has 10 heteroatoms.